The summed E-state index contributed by atoms with van der Waals surface area (Å²) in [5, 5.41) is 0. The van der Waals surface area contributed by atoms with Crippen LogP contribution >= 0.6 is 0 Å². The van der Waals surface area contributed by atoms with E-state index in [9.17, 15) is 14.0 Å². The Morgan fingerprint density at radius 2 is 1.63 bits per heavy atom. The van der Waals surface area contributed by atoms with Gasteiger partial charge in [-0.05, 0) is 24.3 Å². The first-order valence-corrected chi connectivity index (χ1v) is 8.29. The zero-order valence-electron chi connectivity index (χ0n) is 14.9. The summed E-state index contributed by atoms with van der Waals surface area (Å²) in [7, 11) is 3.16. The molecule has 1 aromatic heterocycles. The Bertz CT molecular complexity index is 950. The maximum absolute atomic E-state index is 13.9. The summed E-state index contributed by atoms with van der Waals surface area (Å²) in [4.78, 5) is 26.3. The molecule has 0 radical (unpaired) electrons. The molecule has 0 saturated carbocycles. The maximum Gasteiger partial charge on any atom is 0.375 e. The van der Waals surface area contributed by atoms with Gasteiger partial charge in [-0.2, -0.15) is 0 Å². The Morgan fingerprint density at radius 1 is 0.963 bits per heavy atom. The minimum absolute atomic E-state index is 0.110. The monoisotopic (exact) mass is 367 g/mol. The van der Waals surface area contributed by atoms with Gasteiger partial charge in [0.25, 0.3) is 5.91 Å². The standard InChI is InChI=1S/C21H18FNO4/c1-23(2)20(24)19(14-8-4-3-5-9-14)27-21(25)18-13-12-17(26-18)15-10-6-7-11-16(15)22/h3-13,19H,1-2H3/t19-/m1/s1. The van der Waals surface area contributed by atoms with Gasteiger partial charge in [-0.1, -0.05) is 42.5 Å². The molecule has 1 amide bonds. The van der Waals surface area contributed by atoms with Crippen molar-refractivity contribution in [2.24, 2.45) is 0 Å². The lowest BCUT2D eigenvalue weighted by Gasteiger charge is -2.20. The van der Waals surface area contributed by atoms with E-state index in [1.165, 1.54) is 23.1 Å². The van der Waals surface area contributed by atoms with Crippen LogP contribution in [0.25, 0.3) is 11.3 Å². The number of carbonyl (C=O) groups is 2. The molecule has 0 aliphatic rings. The van der Waals surface area contributed by atoms with Crippen molar-refractivity contribution in [2.45, 2.75) is 6.10 Å². The zero-order valence-corrected chi connectivity index (χ0v) is 14.9. The molecular weight excluding hydrogens is 349 g/mol. The molecule has 0 saturated heterocycles. The van der Waals surface area contributed by atoms with Gasteiger partial charge < -0.3 is 14.1 Å². The van der Waals surface area contributed by atoms with Crippen LogP contribution in [0.5, 0.6) is 0 Å². The van der Waals surface area contributed by atoms with Crippen molar-refractivity contribution in [3.8, 4) is 11.3 Å². The van der Waals surface area contributed by atoms with Crippen LogP contribution in [0.3, 0.4) is 0 Å². The third-order valence-electron chi connectivity index (χ3n) is 3.94. The van der Waals surface area contributed by atoms with Crippen LogP contribution in [0.1, 0.15) is 22.2 Å². The van der Waals surface area contributed by atoms with Crippen LogP contribution in [0.15, 0.2) is 71.1 Å². The number of hydrogen-bond donors (Lipinski definition) is 0. The molecule has 27 heavy (non-hydrogen) atoms. The van der Waals surface area contributed by atoms with Crippen LogP contribution in [0.4, 0.5) is 4.39 Å². The van der Waals surface area contributed by atoms with E-state index in [2.05, 4.69) is 0 Å². The van der Waals surface area contributed by atoms with Gasteiger partial charge in [-0.15, -0.1) is 0 Å². The minimum Gasteiger partial charge on any atom is -0.449 e. The number of esters is 1. The van der Waals surface area contributed by atoms with Gasteiger partial charge in [-0.3, -0.25) is 4.79 Å². The molecule has 0 fully saturated rings. The number of nitrogens with zero attached hydrogens (tertiary/aromatic N) is 1. The number of ether oxygens (including phenoxy) is 1. The fourth-order valence-corrected chi connectivity index (χ4v) is 2.54. The van der Waals surface area contributed by atoms with Gasteiger partial charge in [-0.25, -0.2) is 9.18 Å². The zero-order chi connectivity index (χ0) is 19.4. The third-order valence-corrected chi connectivity index (χ3v) is 3.94. The number of amides is 1. The number of likely N-dealkylation sites (N-methyl/N-ethyl adjacent to an activating group) is 1. The largest absolute Gasteiger partial charge is 0.449 e. The maximum atomic E-state index is 13.9. The Labute approximate surface area is 156 Å². The molecule has 0 aliphatic carbocycles. The van der Waals surface area contributed by atoms with Gasteiger partial charge in [0.05, 0.1) is 5.56 Å². The Morgan fingerprint density at radius 3 is 2.30 bits per heavy atom. The Balaban J connectivity index is 1.84. The number of halogens is 1. The van der Waals surface area contributed by atoms with Crippen molar-refractivity contribution in [3.05, 3.63) is 83.9 Å². The lowest BCUT2D eigenvalue weighted by molar-refractivity contribution is -0.138. The molecule has 0 bridgehead atoms. The highest BCUT2D eigenvalue weighted by Crippen LogP contribution is 2.27. The van der Waals surface area contributed by atoms with E-state index in [-0.39, 0.29) is 23.0 Å². The quantitative estimate of drug-likeness (QED) is 0.638. The van der Waals surface area contributed by atoms with E-state index in [0.717, 1.165) is 0 Å². The van der Waals surface area contributed by atoms with Crippen molar-refractivity contribution < 1.29 is 23.1 Å². The van der Waals surface area contributed by atoms with Gasteiger partial charge in [0, 0.05) is 19.7 Å². The van der Waals surface area contributed by atoms with Crippen molar-refractivity contribution in [2.75, 3.05) is 14.1 Å². The molecule has 1 atom stereocenters. The van der Waals surface area contributed by atoms with Crippen LogP contribution in [-0.4, -0.2) is 30.9 Å². The van der Waals surface area contributed by atoms with E-state index in [1.807, 2.05) is 0 Å². The summed E-state index contributed by atoms with van der Waals surface area (Å²) in [6.45, 7) is 0. The van der Waals surface area contributed by atoms with Crippen molar-refractivity contribution in [1.82, 2.24) is 4.90 Å². The van der Waals surface area contributed by atoms with Crippen molar-refractivity contribution in [1.29, 1.82) is 0 Å². The summed E-state index contributed by atoms with van der Waals surface area (Å²) < 4.78 is 24.7. The van der Waals surface area contributed by atoms with E-state index >= 15 is 0 Å². The van der Waals surface area contributed by atoms with E-state index in [0.29, 0.717) is 5.56 Å². The second-order valence-electron chi connectivity index (χ2n) is 6.07. The smallest absolute Gasteiger partial charge is 0.375 e. The Kier molecular flexibility index (Phi) is 5.35. The first-order chi connectivity index (χ1) is 13.0. The highest BCUT2D eigenvalue weighted by Gasteiger charge is 2.28. The summed E-state index contributed by atoms with van der Waals surface area (Å²) in [5.41, 5.74) is 0.783. The highest BCUT2D eigenvalue weighted by molar-refractivity contribution is 5.91. The molecule has 3 rings (SSSR count). The predicted octanol–water partition coefficient (Wildman–Crippen LogP) is 4.07. The summed E-state index contributed by atoms with van der Waals surface area (Å²) >= 11 is 0. The summed E-state index contributed by atoms with van der Waals surface area (Å²) in [6, 6.07) is 17.7. The summed E-state index contributed by atoms with van der Waals surface area (Å²) in [6.07, 6.45) is -1.10. The first-order valence-electron chi connectivity index (χ1n) is 8.29. The van der Waals surface area contributed by atoms with E-state index < -0.39 is 17.9 Å². The highest BCUT2D eigenvalue weighted by atomic mass is 19.1. The number of carbonyl (C=O) groups excluding carboxylic acids is 2. The van der Waals surface area contributed by atoms with E-state index in [1.54, 1.807) is 62.6 Å². The van der Waals surface area contributed by atoms with Crippen molar-refractivity contribution >= 4 is 11.9 Å². The Hall–Kier alpha value is -3.41. The van der Waals surface area contributed by atoms with Gasteiger partial charge in [0.1, 0.15) is 11.6 Å². The van der Waals surface area contributed by atoms with Crippen LogP contribution < -0.4 is 0 Å². The second-order valence-corrected chi connectivity index (χ2v) is 6.07. The van der Waals surface area contributed by atoms with Gasteiger partial charge in [0.2, 0.25) is 11.9 Å². The molecular formula is C21H18FNO4. The van der Waals surface area contributed by atoms with Crippen molar-refractivity contribution in [3.63, 3.8) is 0 Å². The molecule has 3 aromatic rings. The number of benzene rings is 2. The molecule has 0 aliphatic heterocycles. The van der Waals surface area contributed by atoms with E-state index in [4.69, 9.17) is 9.15 Å². The molecule has 0 unspecified atom stereocenters. The first kappa shape index (κ1) is 18.4. The van der Waals surface area contributed by atoms with Gasteiger partial charge >= 0.3 is 5.97 Å². The molecule has 2 aromatic carbocycles. The molecule has 0 N–H and O–H groups in total. The molecule has 1 heterocycles. The number of rotatable bonds is 5. The molecule has 0 spiro atoms. The molecule has 138 valence electrons. The topological polar surface area (TPSA) is 59.8 Å². The lowest BCUT2D eigenvalue weighted by atomic mass is 10.1. The lowest BCUT2D eigenvalue weighted by Crippen LogP contribution is -2.31. The fourth-order valence-electron chi connectivity index (χ4n) is 2.54. The van der Waals surface area contributed by atoms with Crippen LogP contribution in [0, 0.1) is 5.82 Å². The summed E-state index contributed by atoms with van der Waals surface area (Å²) in [5.74, 6) is -1.55. The van der Waals surface area contributed by atoms with Crippen LogP contribution in [-0.2, 0) is 9.53 Å². The molecule has 6 heteroatoms. The molecule has 5 nitrogen and oxygen atoms in total. The number of furan rings is 1. The fraction of sp³-hybridized carbons (Fsp3) is 0.143. The third kappa shape index (κ3) is 4.06. The normalized spacial score (nSPS) is 11.7. The average Bonchev–Trinajstić information content (AvgIpc) is 3.16. The number of hydrogen-bond acceptors (Lipinski definition) is 4. The SMILES string of the molecule is CN(C)C(=O)[C@H](OC(=O)c1ccc(-c2ccccc2F)o1)c1ccccc1. The predicted molar refractivity (Wildman–Crippen MR) is 97.4 cm³/mol. The average molecular weight is 367 g/mol. The minimum atomic E-state index is -1.10. The second kappa shape index (κ2) is 7.86. The van der Waals surface area contributed by atoms with Gasteiger partial charge in [0.15, 0.2) is 0 Å². The van der Waals surface area contributed by atoms with Crippen LogP contribution in [0.2, 0.25) is 0 Å².